The van der Waals surface area contributed by atoms with Crippen molar-refractivity contribution in [2.45, 2.75) is 18.5 Å². The highest BCUT2D eigenvalue weighted by atomic mass is 19.1. The molecule has 1 aliphatic heterocycles. The third-order valence-electron chi connectivity index (χ3n) is 4.68. The molecule has 124 valence electrons. The summed E-state index contributed by atoms with van der Waals surface area (Å²) in [5.74, 6) is -1.07. The summed E-state index contributed by atoms with van der Waals surface area (Å²) in [5, 5.41) is 4.00. The van der Waals surface area contributed by atoms with Crippen molar-refractivity contribution >= 4 is 10.9 Å². The van der Waals surface area contributed by atoms with Gasteiger partial charge in [0, 0.05) is 28.9 Å². The average Bonchev–Trinajstić information content (AvgIpc) is 2.93. The number of H-pyrrole nitrogens is 1. The molecule has 0 amide bonds. The minimum Gasteiger partial charge on any atom is -0.354 e. The molecule has 2 unspecified atom stereocenters. The predicted molar refractivity (Wildman–Crippen MR) is 88.8 cm³/mol. The summed E-state index contributed by atoms with van der Waals surface area (Å²) < 4.78 is 41.9. The van der Waals surface area contributed by atoms with Gasteiger partial charge in [0.05, 0.1) is 5.69 Å². The first-order valence-corrected chi connectivity index (χ1v) is 8.05. The summed E-state index contributed by atoms with van der Waals surface area (Å²) in [7, 11) is 0. The Hall–Kier alpha value is -2.27. The van der Waals surface area contributed by atoms with Crippen molar-refractivity contribution in [3.8, 4) is 11.3 Å². The molecule has 0 aliphatic carbocycles. The van der Waals surface area contributed by atoms with Gasteiger partial charge in [0.25, 0.3) is 0 Å². The van der Waals surface area contributed by atoms with E-state index < -0.39 is 6.17 Å². The monoisotopic (exact) mass is 330 g/mol. The van der Waals surface area contributed by atoms with E-state index in [-0.39, 0.29) is 17.6 Å². The summed E-state index contributed by atoms with van der Waals surface area (Å²) in [4.78, 5) is 3.17. The second kappa shape index (κ2) is 5.98. The largest absolute Gasteiger partial charge is 0.354 e. The first-order chi connectivity index (χ1) is 11.6. The Morgan fingerprint density at radius 3 is 2.62 bits per heavy atom. The normalized spacial score (nSPS) is 21.3. The van der Waals surface area contributed by atoms with Crippen molar-refractivity contribution in [3.05, 3.63) is 59.7 Å². The molecule has 1 aromatic heterocycles. The fourth-order valence-electron chi connectivity index (χ4n) is 3.56. The Morgan fingerprint density at radius 2 is 1.83 bits per heavy atom. The fraction of sp³-hybridized carbons (Fsp3) is 0.263. The van der Waals surface area contributed by atoms with Gasteiger partial charge in [-0.25, -0.2) is 13.2 Å². The molecular formula is C19H17F3N2. The van der Waals surface area contributed by atoms with Gasteiger partial charge in [0.15, 0.2) is 0 Å². The quantitative estimate of drug-likeness (QED) is 0.710. The Kier molecular flexibility index (Phi) is 3.81. The van der Waals surface area contributed by atoms with Crippen LogP contribution < -0.4 is 5.32 Å². The van der Waals surface area contributed by atoms with Gasteiger partial charge in [0.2, 0.25) is 0 Å². The number of piperidine rings is 1. The number of aromatic nitrogens is 1. The smallest absolute Gasteiger partial charge is 0.125 e. The topological polar surface area (TPSA) is 27.8 Å². The van der Waals surface area contributed by atoms with Crippen molar-refractivity contribution < 1.29 is 13.2 Å². The lowest BCUT2D eigenvalue weighted by Crippen LogP contribution is -2.36. The summed E-state index contributed by atoms with van der Waals surface area (Å²) in [5.41, 5.74) is 2.68. The van der Waals surface area contributed by atoms with Crippen LogP contribution in [0, 0.1) is 11.6 Å². The maximum Gasteiger partial charge on any atom is 0.125 e. The second-order valence-electron chi connectivity index (χ2n) is 6.23. The van der Waals surface area contributed by atoms with E-state index in [2.05, 4.69) is 10.3 Å². The molecule has 2 atom stereocenters. The molecule has 0 saturated carbocycles. The molecule has 2 aromatic carbocycles. The van der Waals surface area contributed by atoms with E-state index in [0.29, 0.717) is 36.3 Å². The zero-order chi connectivity index (χ0) is 16.7. The number of halogens is 3. The van der Waals surface area contributed by atoms with Gasteiger partial charge in [-0.05, 0) is 48.9 Å². The predicted octanol–water partition coefficient (Wildman–Crippen LogP) is 4.53. The van der Waals surface area contributed by atoms with E-state index in [1.807, 2.05) is 0 Å². The van der Waals surface area contributed by atoms with E-state index >= 15 is 0 Å². The van der Waals surface area contributed by atoms with Crippen molar-refractivity contribution in [2.75, 3.05) is 13.1 Å². The molecule has 1 aliphatic rings. The molecule has 24 heavy (non-hydrogen) atoms. The first-order valence-electron chi connectivity index (χ1n) is 8.05. The van der Waals surface area contributed by atoms with E-state index in [4.69, 9.17) is 0 Å². The number of hydrogen-bond donors (Lipinski definition) is 2. The highest BCUT2D eigenvalue weighted by molar-refractivity contribution is 5.91. The SMILES string of the molecule is Fc1cccc(-c2[nH]c3cc(F)ccc3c2C2CNCCC2F)c1. The average molecular weight is 330 g/mol. The molecule has 1 fully saturated rings. The zero-order valence-electron chi connectivity index (χ0n) is 13.0. The van der Waals surface area contributed by atoms with Gasteiger partial charge >= 0.3 is 0 Å². The van der Waals surface area contributed by atoms with Crippen molar-refractivity contribution in [1.82, 2.24) is 10.3 Å². The van der Waals surface area contributed by atoms with Gasteiger partial charge < -0.3 is 10.3 Å². The van der Waals surface area contributed by atoms with Crippen LogP contribution in [0.25, 0.3) is 22.2 Å². The van der Waals surface area contributed by atoms with Gasteiger partial charge in [-0.1, -0.05) is 12.1 Å². The van der Waals surface area contributed by atoms with Crippen LogP contribution in [0.3, 0.4) is 0 Å². The van der Waals surface area contributed by atoms with Crippen molar-refractivity contribution in [3.63, 3.8) is 0 Å². The Balaban J connectivity index is 1.96. The lowest BCUT2D eigenvalue weighted by molar-refractivity contribution is 0.229. The zero-order valence-corrected chi connectivity index (χ0v) is 13.0. The first kappa shape index (κ1) is 15.3. The van der Waals surface area contributed by atoms with Crippen LogP contribution >= 0.6 is 0 Å². The number of hydrogen-bond acceptors (Lipinski definition) is 1. The number of fused-ring (bicyclic) bond motifs is 1. The van der Waals surface area contributed by atoms with Crippen LogP contribution in [-0.2, 0) is 0 Å². The molecule has 3 aromatic rings. The molecule has 1 saturated heterocycles. The van der Waals surface area contributed by atoms with Crippen LogP contribution in [0.2, 0.25) is 0 Å². The molecule has 5 heteroatoms. The van der Waals surface area contributed by atoms with Crippen LogP contribution in [0.4, 0.5) is 13.2 Å². The number of nitrogens with one attached hydrogen (secondary N) is 2. The molecule has 2 N–H and O–H groups in total. The number of benzene rings is 2. The lowest BCUT2D eigenvalue weighted by atomic mass is 9.86. The van der Waals surface area contributed by atoms with E-state index in [1.165, 1.54) is 24.3 Å². The number of rotatable bonds is 2. The summed E-state index contributed by atoms with van der Waals surface area (Å²) in [6, 6.07) is 10.6. The minimum atomic E-state index is -0.984. The van der Waals surface area contributed by atoms with E-state index in [0.717, 1.165) is 10.9 Å². The lowest BCUT2D eigenvalue weighted by Gasteiger charge is -2.27. The van der Waals surface area contributed by atoms with Crippen LogP contribution in [0.15, 0.2) is 42.5 Å². The Labute approximate surface area is 137 Å². The third-order valence-corrected chi connectivity index (χ3v) is 4.68. The molecular weight excluding hydrogens is 313 g/mol. The fourth-order valence-corrected chi connectivity index (χ4v) is 3.56. The second-order valence-corrected chi connectivity index (χ2v) is 6.23. The maximum absolute atomic E-state index is 14.6. The Morgan fingerprint density at radius 1 is 1.00 bits per heavy atom. The molecule has 0 bridgehead atoms. The van der Waals surface area contributed by atoms with Crippen molar-refractivity contribution in [2.24, 2.45) is 0 Å². The maximum atomic E-state index is 14.6. The van der Waals surface area contributed by atoms with Gasteiger partial charge in [-0.15, -0.1) is 0 Å². The van der Waals surface area contributed by atoms with Crippen molar-refractivity contribution in [1.29, 1.82) is 0 Å². The minimum absolute atomic E-state index is 0.351. The summed E-state index contributed by atoms with van der Waals surface area (Å²) >= 11 is 0. The van der Waals surface area contributed by atoms with Crippen LogP contribution in [0.1, 0.15) is 17.9 Å². The standard InChI is InChI=1S/C19H17F3N2/c20-12-3-1-2-11(8-12)19-18(15-10-23-7-6-16(15)22)14-5-4-13(21)9-17(14)24-19/h1-5,8-9,15-16,23-24H,6-7,10H2. The molecule has 2 nitrogen and oxygen atoms in total. The van der Waals surface area contributed by atoms with Gasteiger partial charge in [0.1, 0.15) is 17.8 Å². The highest BCUT2D eigenvalue weighted by Gasteiger charge is 2.31. The highest BCUT2D eigenvalue weighted by Crippen LogP contribution is 2.39. The Bertz CT molecular complexity index is 887. The molecule has 0 spiro atoms. The summed E-state index contributed by atoms with van der Waals surface area (Å²) in [6.45, 7) is 1.15. The van der Waals surface area contributed by atoms with E-state index in [1.54, 1.807) is 18.2 Å². The van der Waals surface area contributed by atoms with Gasteiger partial charge in [-0.2, -0.15) is 0 Å². The summed E-state index contributed by atoms with van der Waals surface area (Å²) in [6.07, 6.45) is -0.552. The van der Waals surface area contributed by atoms with Crippen LogP contribution in [0.5, 0.6) is 0 Å². The number of aromatic amines is 1. The third kappa shape index (κ3) is 2.59. The molecule has 0 radical (unpaired) electrons. The van der Waals surface area contributed by atoms with Gasteiger partial charge in [-0.3, -0.25) is 0 Å². The molecule has 2 heterocycles. The van der Waals surface area contributed by atoms with E-state index in [9.17, 15) is 13.2 Å². The molecule has 4 rings (SSSR count). The number of alkyl halides is 1. The van der Waals surface area contributed by atoms with Crippen LogP contribution in [-0.4, -0.2) is 24.2 Å².